The van der Waals surface area contributed by atoms with Crippen molar-refractivity contribution in [3.05, 3.63) is 43.7 Å². The minimum Gasteiger partial charge on any atom is -0.461 e. The molecule has 368 valence electrons. The predicted octanol–water partition coefficient (Wildman–Crippen LogP) is 5.46. The van der Waals surface area contributed by atoms with E-state index in [1.807, 2.05) is 20.8 Å². The number of aromatic nitrogens is 4. The average Bonchev–Trinajstić information content (AvgIpc) is 3.51. The molecule has 2 aromatic rings. The number of hydrogen-bond donors (Lipinski definition) is 2. The van der Waals surface area contributed by atoms with Crippen LogP contribution in [0, 0.1) is 0 Å². The molecule has 3 aliphatic rings. The first-order valence-corrected chi connectivity index (χ1v) is 28.6. The first-order valence-electron chi connectivity index (χ1n) is 22.7. The molecule has 21 heteroatoms. The summed E-state index contributed by atoms with van der Waals surface area (Å²) in [5.41, 5.74) is 5.65. The molecule has 3 aliphatic heterocycles. The van der Waals surface area contributed by atoms with Crippen molar-refractivity contribution in [3.63, 3.8) is 0 Å². The van der Waals surface area contributed by atoms with E-state index in [0.29, 0.717) is 49.8 Å². The molecule has 0 aromatic carbocycles. The minimum absolute atomic E-state index is 0.0189. The third-order valence-corrected chi connectivity index (χ3v) is 21.6. The summed E-state index contributed by atoms with van der Waals surface area (Å²) in [6.45, 7) is 36.6. The summed E-state index contributed by atoms with van der Waals surface area (Å²) in [5.74, 6) is -0.916. The van der Waals surface area contributed by atoms with Crippen molar-refractivity contribution >= 4 is 40.7 Å². The van der Waals surface area contributed by atoms with Crippen molar-refractivity contribution in [2.45, 2.75) is 189 Å². The molecule has 0 saturated heterocycles. The van der Waals surface area contributed by atoms with E-state index in [2.05, 4.69) is 73.0 Å². The molecule has 2 atom stereocenters. The van der Waals surface area contributed by atoms with Crippen LogP contribution in [-0.2, 0) is 62.3 Å². The average molecular weight is 951 g/mol. The van der Waals surface area contributed by atoms with Crippen molar-refractivity contribution in [3.8, 4) is 0 Å². The van der Waals surface area contributed by atoms with Gasteiger partial charge in [0.05, 0.1) is 56.4 Å². The Hall–Kier alpha value is -4.19. The summed E-state index contributed by atoms with van der Waals surface area (Å²) in [5, 5.41) is 2.90. The number of nitrogens with one attached hydrogen (secondary N) is 1. The van der Waals surface area contributed by atoms with Crippen LogP contribution in [0.2, 0.25) is 36.3 Å². The number of carbonyl (C=O) groups is 4. The van der Waals surface area contributed by atoms with Crippen molar-refractivity contribution in [1.29, 1.82) is 0 Å². The zero-order valence-electron chi connectivity index (χ0n) is 42.2. The highest BCUT2D eigenvalue weighted by atomic mass is 28.4. The Kier molecular flexibility index (Phi) is 16.1. The van der Waals surface area contributed by atoms with Gasteiger partial charge in [-0.05, 0) is 84.7 Å². The lowest BCUT2D eigenvalue weighted by atomic mass is 10.2. The van der Waals surface area contributed by atoms with Gasteiger partial charge in [0, 0.05) is 39.3 Å². The maximum absolute atomic E-state index is 13.4. The van der Waals surface area contributed by atoms with Crippen LogP contribution in [0.15, 0.2) is 9.59 Å². The lowest BCUT2D eigenvalue weighted by molar-refractivity contribution is 0.0186. The molecule has 5 rings (SSSR count). The molecule has 19 nitrogen and oxygen atoms in total. The van der Waals surface area contributed by atoms with Crippen LogP contribution in [0.3, 0.4) is 0 Å². The zero-order chi connectivity index (χ0) is 49.4. The summed E-state index contributed by atoms with van der Waals surface area (Å²) in [6.07, 6.45) is -1.66. The molecule has 0 spiro atoms. The van der Waals surface area contributed by atoms with Crippen LogP contribution in [0.25, 0.3) is 0 Å². The Morgan fingerprint density at radius 3 is 1.68 bits per heavy atom. The molecule has 5 heterocycles. The smallest absolute Gasteiger partial charge is 0.410 e. The number of nitrogens with two attached hydrogens (primary N) is 1. The van der Waals surface area contributed by atoms with Crippen LogP contribution in [0.5, 0.6) is 0 Å². The highest BCUT2D eigenvalue weighted by Gasteiger charge is 2.43. The monoisotopic (exact) mass is 951 g/mol. The van der Waals surface area contributed by atoms with Crippen LogP contribution in [-0.4, -0.2) is 125 Å². The lowest BCUT2D eigenvalue weighted by Gasteiger charge is -2.39. The zero-order valence-corrected chi connectivity index (χ0v) is 44.2. The number of amides is 3. The van der Waals surface area contributed by atoms with Gasteiger partial charge < -0.3 is 43.9 Å². The lowest BCUT2D eigenvalue weighted by Crippen LogP contribution is -2.48. The largest absolute Gasteiger partial charge is 0.461 e. The van der Waals surface area contributed by atoms with Crippen molar-refractivity contribution in [1.82, 2.24) is 33.4 Å². The normalized spacial score (nSPS) is 17.7. The molecule has 3 amide bonds. The maximum atomic E-state index is 13.4. The Morgan fingerprint density at radius 2 is 1.22 bits per heavy atom. The number of hydrogen-bond acceptors (Lipinski definition) is 12. The fourth-order valence-electron chi connectivity index (χ4n) is 7.20. The number of nitrogens with zero attached hydrogens (tertiary/aromatic N) is 6. The van der Waals surface area contributed by atoms with E-state index in [4.69, 9.17) is 28.8 Å². The third-order valence-electron chi connectivity index (χ3n) is 12.6. The SMILES string of the molecule is CC(C)(C)OC(=O)N1CCn2c(c3n(c2=O)CC(O[Si](C)(C)C(C)(C)C)CNC3=O)C1.CCOC(=O)c1c2n(c(=O)n1CC(CN)O[Si](C)(C)C(C)(C)C)CCN(C(=O)OC(C)(C)C)C2. The molecule has 0 saturated carbocycles. The second-order valence-electron chi connectivity index (χ2n) is 22.2. The second-order valence-corrected chi connectivity index (χ2v) is 31.7. The highest BCUT2D eigenvalue weighted by Crippen LogP contribution is 2.39. The minimum atomic E-state index is -2.17. The number of fused-ring (bicyclic) bond motifs is 4. The molecular weight excluding hydrogens is 873 g/mol. The number of esters is 1. The standard InChI is InChI=1S/C23H42N4O6Si.C21H36N4O5Si/c1-10-31-19(28)18-17-15-25(21(30)32-22(2,3)4)11-12-26(17)20(29)27(18)14-16(13-24)33-34(8,9)23(5,6)7;1-20(2,3)29-19(28)23-9-10-24-15(13-23)16-17(26)22-11-14(12-25(16)18(24)27)30-31(7,8)21(4,5)6/h16H,10-15,24H2,1-9H3;14H,9-13H2,1-8H3,(H,22,26). The quantitative estimate of drug-likeness (QED) is 0.182. The molecule has 0 fully saturated rings. The van der Waals surface area contributed by atoms with Gasteiger partial charge in [0.15, 0.2) is 22.3 Å². The molecule has 2 unspecified atom stereocenters. The fourth-order valence-corrected chi connectivity index (χ4v) is 9.90. The van der Waals surface area contributed by atoms with E-state index < -0.39 is 52.1 Å². The number of imidazole rings is 2. The van der Waals surface area contributed by atoms with Crippen LogP contribution < -0.4 is 22.4 Å². The van der Waals surface area contributed by atoms with E-state index in [1.165, 1.54) is 18.6 Å². The summed E-state index contributed by atoms with van der Waals surface area (Å²) in [4.78, 5) is 80.7. The Bertz CT molecular complexity index is 2200. The Labute approximate surface area is 386 Å². The molecular formula is C44H78N8O11Si2. The first kappa shape index (κ1) is 53.4. The van der Waals surface area contributed by atoms with Gasteiger partial charge in [0.1, 0.15) is 16.9 Å². The highest BCUT2D eigenvalue weighted by molar-refractivity contribution is 6.74. The van der Waals surface area contributed by atoms with E-state index in [1.54, 1.807) is 37.2 Å². The molecule has 2 aromatic heterocycles. The number of carbonyl (C=O) groups excluding carboxylic acids is 4. The summed E-state index contributed by atoms with van der Waals surface area (Å²) in [6, 6.07) is 0. The molecule has 0 bridgehead atoms. The summed E-state index contributed by atoms with van der Waals surface area (Å²) in [7, 11) is -4.25. The molecule has 65 heavy (non-hydrogen) atoms. The van der Waals surface area contributed by atoms with E-state index >= 15 is 0 Å². The topological polar surface area (TPSA) is 213 Å². The Balaban J connectivity index is 0.000000286. The predicted molar refractivity (Wildman–Crippen MR) is 252 cm³/mol. The first-order chi connectivity index (χ1) is 29.6. The maximum Gasteiger partial charge on any atom is 0.410 e. The van der Waals surface area contributed by atoms with Crippen molar-refractivity contribution in [2.24, 2.45) is 5.73 Å². The van der Waals surface area contributed by atoms with E-state index in [-0.39, 0.29) is 78.5 Å². The van der Waals surface area contributed by atoms with Crippen LogP contribution in [0.1, 0.15) is 122 Å². The number of rotatable bonds is 9. The molecule has 0 radical (unpaired) electrons. The van der Waals surface area contributed by atoms with Gasteiger partial charge in [0.2, 0.25) is 0 Å². The van der Waals surface area contributed by atoms with Gasteiger partial charge in [-0.1, -0.05) is 41.5 Å². The van der Waals surface area contributed by atoms with E-state index in [9.17, 15) is 28.8 Å². The van der Waals surface area contributed by atoms with Crippen molar-refractivity contribution < 1.29 is 42.2 Å². The van der Waals surface area contributed by atoms with Gasteiger partial charge in [-0.2, -0.15) is 0 Å². The Morgan fingerprint density at radius 1 is 0.723 bits per heavy atom. The number of ether oxygens (including phenoxy) is 3. The van der Waals surface area contributed by atoms with Crippen LogP contribution >= 0.6 is 0 Å². The van der Waals surface area contributed by atoms with E-state index in [0.717, 1.165) is 0 Å². The summed E-state index contributed by atoms with van der Waals surface area (Å²) >= 11 is 0. The second kappa shape index (κ2) is 19.6. The van der Waals surface area contributed by atoms with Gasteiger partial charge >= 0.3 is 29.5 Å². The van der Waals surface area contributed by atoms with Gasteiger partial charge in [-0.3, -0.25) is 23.1 Å². The van der Waals surface area contributed by atoms with Crippen LogP contribution in [0.4, 0.5) is 9.59 Å². The van der Waals surface area contributed by atoms with Gasteiger partial charge in [-0.15, -0.1) is 0 Å². The fraction of sp³-hybridized carbons (Fsp3) is 0.773. The van der Waals surface area contributed by atoms with Gasteiger partial charge in [0.25, 0.3) is 5.91 Å². The molecule has 3 N–H and O–H groups in total. The summed E-state index contributed by atoms with van der Waals surface area (Å²) < 4.78 is 35.3. The molecule has 0 aliphatic carbocycles. The van der Waals surface area contributed by atoms with Gasteiger partial charge in [-0.25, -0.2) is 24.0 Å². The third kappa shape index (κ3) is 12.6. The van der Waals surface area contributed by atoms with Crippen molar-refractivity contribution in [2.75, 3.05) is 32.8 Å².